The zero-order chi connectivity index (χ0) is 30.9. The molecule has 0 atom stereocenters. The molecule has 12 heteroatoms. The van der Waals surface area contributed by atoms with Crippen molar-refractivity contribution in [3.05, 3.63) is 118 Å². The van der Waals surface area contributed by atoms with Gasteiger partial charge in [-0.2, -0.15) is 5.10 Å². The second-order valence-electron chi connectivity index (χ2n) is 9.20. The first-order chi connectivity index (χ1) is 21.4. The lowest BCUT2D eigenvalue weighted by molar-refractivity contribution is -0.118. The number of nitrogens with zero attached hydrogens (tertiary/aromatic N) is 2. The van der Waals surface area contributed by atoms with Crippen molar-refractivity contribution in [3.63, 3.8) is 0 Å². The number of thiazole rings is 1. The van der Waals surface area contributed by atoms with Crippen molar-refractivity contribution < 1.29 is 19.1 Å². The van der Waals surface area contributed by atoms with Crippen LogP contribution in [0.1, 0.15) is 15.9 Å². The molecular formula is C32H25Cl2N5O4S. The Morgan fingerprint density at radius 3 is 2.25 bits per heavy atom. The maximum absolute atomic E-state index is 12.6. The fraction of sp³-hybridized carbons (Fsp3) is 0.0625. The lowest BCUT2D eigenvalue weighted by Gasteiger charge is -2.11. The number of aromatic nitrogens is 1. The summed E-state index contributed by atoms with van der Waals surface area (Å²) in [7, 11) is 1.49. The van der Waals surface area contributed by atoms with Crippen LogP contribution < -0.4 is 25.5 Å². The molecule has 5 aromatic rings. The number of hydrogen-bond acceptors (Lipinski definition) is 8. The minimum atomic E-state index is -0.366. The van der Waals surface area contributed by atoms with E-state index in [1.54, 1.807) is 54.6 Å². The maximum Gasteiger partial charge on any atom is 0.271 e. The first kappa shape index (κ1) is 30.6. The first-order valence-electron chi connectivity index (χ1n) is 13.1. The molecule has 0 radical (unpaired) electrons. The largest absolute Gasteiger partial charge is 0.493 e. The standard InChI is InChI=1S/C32H25Cl2N5O4S/c1-42-29-16-20(2-15-28(29)43-18-30(40)36-25-11-7-23(33)8-12-25)17-35-39-31(41)22-5-3-21(4-6-22)27-19-44-32(38-27)37-26-13-9-24(34)10-14-26/h2-17,19H,18H2,1H3,(H,36,40)(H,37,38)(H,39,41)/b35-17-. The van der Waals surface area contributed by atoms with Crippen LogP contribution in [0, 0.1) is 0 Å². The van der Waals surface area contributed by atoms with Crippen molar-refractivity contribution in [2.45, 2.75) is 0 Å². The molecule has 9 nitrogen and oxygen atoms in total. The lowest BCUT2D eigenvalue weighted by atomic mass is 10.1. The summed E-state index contributed by atoms with van der Waals surface area (Å²) in [4.78, 5) is 29.5. The highest BCUT2D eigenvalue weighted by Gasteiger charge is 2.11. The van der Waals surface area contributed by atoms with Gasteiger partial charge < -0.3 is 20.1 Å². The number of hydrogen-bond donors (Lipinski definition) is 3. The van der Waals surface area contributed by atoms with Gasteiger partial charge in [0.2, 0.25) is 0 Å². The van der Waals surface area contributed by atoms with Gasteiger partial charge >= 0.3 is 0 Å². The molecule has 0 aliphatic rings. The van der Waals surface area contributed by atoms with Crippen molar-refractivity contribution in [1.82, 2.24) is 10.4 Å². The molecule has 0 aliphatic carbocycles. The lowest BCUT2D eigenvalue weighted by Crippen LogP contribution is -2.20. The van der Waals surface area contributed by atoms with Gasteiger partial charge in [-0.05, 0) is 84.4 Å². The fourth-order valence-corrected chi connectivity index (χ4v) is 4.89. The predicted octanol–water partition coefficient (Wildman–Crippen LogP) is 7.65. The molecule has 1 heterocycles. The molecule has 0 unspecified atom stereocenters. The molecule has 0 spiro atoms. The molecule has 0 saturated carbocycles. The Labute approximate surface area is 267 Å². The molecule has 4 aromatic carbocycles. The van der Waals surface area contributed by atoms with Crippen LogP contribution in [-0.4, -0.2) is 36.7 Å². The number of benzene rings is 4. The third-order valence-corrected chi connectivity index (χ3v) is 7.36. The predicted molar refractivity (Wildman–Crippen MR) is 176 cm³/mol. The summed E-state index contributed by atoms with van der Waals surface area (Å²) >= 11 is 13.3. The van der Waals surface area contributed by atoms with Crippen LogP contribution in [0.25, 0.3) is 11.3 Å². The van der Waals surface area contributed by atoms with Crippen molar-refractivity contribution in [3.8, 4) is 22.8 Å². The number of ether oxygens (including phenoxy) is 2. The number of halogens is 2. The van der Waals surface area contributed by atoms with Gasteiger partial charge in [-0.25, -0.2) is 10.4 Å². The third kappa shape index (κ3) is 8.35. The van der Waals surface area contributed by atoms with Gasteiger partial charge in [-0.3, -0.25) is 9.59 Å². The number of nitrogens with one attached hydrogen (secondary N) is 3. The summed E-state index contributed by atoms with van der Waals surface area (Å²) < 4.78 is 11.0. The van der Waals surface area contributed by atoms with Crippen molar-refractivity contribution in [2.75, 3.05) is 24.4 Å². The zero-order valence-corrected chi connectivity index (χ0v) is 25.5. The summed E-state index contributed by atoms with van der Waals surface area (Å²) in [5.74, 6) is 0.0878. The van der Waals surface area contributed by atoms with Gasteiger partial charge in [-0.15, -0.1) is 11.3 Å². The molecule has 1 aromatic heterocycles. The molecular weight excluding hydrogens is 621 g/mol. The van der Waals surface area contributed by atoms with Crippen LogP contribution in [0.15, 0.2) is 101 Å². The van der Waals surface area contributed by atoms with Crippen LogP contribution >= 0.6 is 34.5 Å². The van der Waals surface area contributed by atoms with Crippen LogP contribution in [-0.2, 0) is 4.79 Å². The smallest absolute Gasteiger partial charge is 0.271 e. The average Bonchev–Trinajstić information content (AvgIpc) is 3.51. The van der Waals surface area contributed by atoms with E-state index in [-0.39, 0.29) is 18.4 Å². The monoisotopic (exact) mass is 645 g/mol. The Hall–Kier alpha value is -4.90. The summed E-state index contributed by atoms with van der Waals surface area (Å²) in [6, 6.07) is 26.3. The first-order valence-corrected chi connectivity index (χ1v) is 14.8. The summed E-state index contributed by atoms with van der Waals surface area (Å²) in [6.45, 7) is -0.217. The highest BCUT2D eigenvalue weighted by molar-refractivity contribution is 7.14. The Bertz CT molecular complexity index is 1780. The van der Waals surface area contributed by atoms with Gasteiger partial charge in [0.15, 0.2) is 23.2 Å². The van der Waals surface area contributed by atoms with Gasteiger partial charge in [-0.1, -0.05) is 35.3 Å². The Morgan fingerprint density at radius 2 is 1.57 bits per heavy atom. The van der Waals surface area contributed by atoms with Crippen molar-refractivity contribution >= 4 is 69.1 Å². The normalized spacial score (nSPS) is 10.8. The zero-order valence-electron chi connectivity index (χ0n) is 23.2. The fourth-order valence-electron chi connectivity index (χ4n) is 3.90. The van der Waals surface area contributed by atoms with E-state index in [2.05, 4.69) is 26.1 Å². The van der Waals surface area contributed by atoms with Crippen molar-refractivity contribution in [2.24, 2.45) is 5.10 Å². The topological polar surface area (TPSA) is 114 Å². The minimum absolute atomic E-state index is 0.217. The Morgan fingerprint density at radius 1 is 0.886 bits per heavy atom. The van der Waals surface area contributed by atoms with E-state index in [4.69, 9.17) is 32.7 Å². The highest BCUT2D eigenvalue weighted by Crippen LogP contribution is 2.29. The second-order valence-corrected chi connectivity index (χ2v) is 10.9. The number of carbonyl (C=O) groups excluding carboxylic acids is 2. The van der Waals surface area contributed by atoms with E-state index in [9.17, 15) is 9.59 Å². The van der Waals surface area contributed by atoms with Gasteiger partial charge in [0.25, 0.3) is 11.8 Å². The molecule has 44 heavy (non-hydrogen) atoms. The Balaban J connectivity index is 1.12. The maximum atomic E-state index is 12.6. The molecule has 2 amide bonds. The summed E-state index contributed by atoms with van der Waals surface area (Å²) in [5.41, 5.74) is 6.79. The molecule has 0 bridgehead atoms. The number of amides is 2. The molecule has 222 valence electrons. The molecule has 0 saturated heterocycles. The quantitative estimate of drug-likeness (QED) is 0.100. The molecule has 3 N–H and O–H groups in total. The number of rotatable bonds is 11. The Kier molecular flexibility index (Phi) is 10.1. The van der Waals surface area contributed by atoms with Gasteiger partial charge in [0.05, 0.1) is 19.0 Å². The molecule has 5 rings (SSSR count). The summed E-state index contributed by atoms with van der Waals surface area (Å²) in [6.07, 6.45) is 1.48. The van der Waals surface area contributed by atoms with Crippen LogP contribution in [0.5, 0.6) is 11.5 Å². The summed E-state index contributed by atoms with van der Waals surface area (Å²) in [5, 5.41) is 14.0. The highest BCUT2D eigenvalue weighted by atomic mass is 35.5. The van der Waals surface area contributed by atoms with E-state index in [1.165, 1.54) is 24.7 Å². The van der Waals surface area contributed by atoms with Crippen LogP contribution in [0.4, 0.5) is 16.5 Å². The van der Waals surface area contributed by atoms with Crippen molar-refractivity contribution in [1.29, 1.82) is 0 Å². The van der Waals surface area contributed by atoms with E-state index >= 15 is 0 Å². The van der Waals surface area contributed by atoms with Crippen LogP contribution in [0.3, 0.4) is 0 Å². The molecule has 0 fully saturated rings. The second kappa shape index (κ2) is 14.5. The van der Waals surface area contributed by atoms with E-state index < -0.39 is 0 Å². The average molecular weight is 647 g/mol. The minimum Gasteiger partial charge on any atom is -0.493 e. The van der Waals surface area contributed by atoms with E-state index in [0.717, 1.165) is 22.1 Å². The van der Waals surface area contributed by atoms with Crippen LogP contribution in [0.2, 0.25) is 10.0 Å². The van der Waals surface area contributed by atoms with E-state index in [1.807, 2.05) is 41.8 Å². The van der Waals surface area contributed by atoms with E-state index in [0.29, 0.717) is 38.4 Å². The van der Waals surface area contributed by atoms with Gasteiger partial charge in [0.1, 0.15) is 0 Å². The number of carbonyl (C=O) groups is 2. The number of hydrazone groups is 1. The number of anilines is 3. The van der Waals surface area contributed by atoms with Gasteiger partial charge in [0, 0.05) is 37.9 Å². The number of methoxy groups -OCH3 is 1. The third-order valence-electron chi connectivity index (χ3n) is 6.10. The molecule has 0 aliphatic heterocycles. The SMILES string of the molecule is COc1cc(/C=N\NC(=O)c2ccc(-c3csc(Nc4ccc(Cl)cc4)n3)cc2)ccc1OCC(=O)Nc1ccc(Cl)cc1.